The van der Waals surface area contributed by atoms with E-state index in [-0.39, 0.29) is 6.04 Å². The van der Waals surface area contributed by atoms with Crippen LogP contribution in [0.5, 0.6) is 5.75 Å². The largest absolute Gasteiger partial charge is 0.496 e. The number of nitrogens with one attached hydrogen (secondary N) is 1. The molecule has 1 atom stereocenters. The number of likely N-dealkylation sites (N-methyl/N-ethyl adjacent to an activating group) is 1. The highest BCUT2D eigenvalue weighted by Crippen LogP contribution is 2.29. The first-order chi connectivity index (χ1) is 10.1. The van der Waals surface area contributed by atoms with Crippen LogP contribution in [0.4, 0.5) is 0 Å². The highest BCUT2D eigenvalue weighted by Gasteiger charge is 2.19. The molecule has 1 N–H and O–H groups in total. The summed E-state index contributed by atoms with van der Waals surface area (Å²) in [5, 5.41) is 8.09. The Labute approximate surface area is 127 Å². The maximum absolute atomic E-state index is 5.52. The smallest absolute Gasteiger partial charge is 0.123 e. The molecule has 1 unspecified atom stereocenters. The molecule has 0 spiro atoms. The summed E-state index contributed by atoms with van der Waals surface area (Å²) in [6.07, 6.45) is 0.916. The van der Waals surface area contributed by atoms with Gasteiger partial charge >= 0.3 is 0 Å². The molecule has 0 aliphatic rings. The third-order valence-corrected chi connectivity index (χ3v) is 4.03. The standard InChI is InChI=1S/C17H25N3O/c1-6-18-16(14-9-7-8-10-17(14)21-5)11-15-12(2)19-20(4)13(15)3/h7-10,16,18H,6,11H2,1-5H3. The summed E-state index contributed by atoms with van der Waals surface area (Å²) in [7, 11) is 3.72. The summed E-state index contributed by atoms with van der Waals surface area (Å²) in [6, 6.07) is 8.44. The lowest BCUT2D eigenvalue weighted by Gasteiger charge is -2.21. The molecule has 1 aromatic carbocycles. The van der Waals surface area contributed by atoms with Crippen molar-refractivity contribution in [1.29, 1.82) is 0 Å². The minimum Gasteiger partial charge on any atom is -0.496 e. The zero-order valence-corrected chi connectivity index (χ0v) is 13.6. The molecule has 0 aliphatic carbocycles. The molecular weight excluding hydrogens is 262 g/mol. The Hall–Kier alpha value is -1.81. The first-order valence-corrected chi connectivity index (χ1v) is 7.43. The van der Waals surface area contributed by atoms with Crippen LogP contribution in [0.2, 0.25) is 0 Å². The van der Waals surface area contributed by atoms with Gasteiger partial charge < -0.3 is 10.1 Å². The summed E-state index contributed by atoms with van der Waals surface area (Å²) < 4.78 is 7.47. The molecule has 4 nitrogen and oxygen atoms in total. The summed E-state index contributed by atoms with van der Waals surface area (Å²) in [5.41, 5.74) is 4.84. The van der Waals surface area contributed by atoms with E-state index in [1.807, 2.05) is 23.9 Å². The number of hydrogen-bond acceptors (Lipinski definition) is 3. The predicted molar refractivity (Wildman–Crippen MR) is 85.8 cm³/mol. The van der Waals surface area contributed by atoms with Crippen molar-refractivity contribution >= 4 is 0 Å². The zero-order chi connectivity index (χ0) is 15.4. The second-order valence-corrected chi connectivity index (χ2v) is 5.33. The molecule has 0 fully saturated rings. The van der Waals surface area contributed by atoms with Crippen LogP contribution in [0.25, 0.3) is 0 Å². The van der Waals surface area contributed by atoms with E-state index in [0.29, 0.717) is 0 Å². The number of nitrogens with zero attached hydrogens (tertiary/aromatic N) is 2. The van der Waals surface area contributed by atoms with Crippen molar-refractivity contribution in [3.8, 4) is 5.75 Å². The second kappa shape index (κ2) is 6.76. The maximum atomic E-state index is 5.52. The minimum atomic E-state index is 0.229. The fraction of sp³-hybridized carbons (Fsp3) is 0.471. The summed E-state index contributed by atoms with van der Waals surface area (Å²) in [5.74, 6) is 0.933. The van der Waals surface area contributed by atoms with Crippen LogP contribution in [-0.4, -0.2) is 23.4 Å². The third kappa shape index (κ3) is 3.27. The molecule has 0 radical (unpaired) electrons. The number of benzene rings is 1. The lowest BCUT2D eigenvalue weighted by Crippen LogP contribution is -2.24. The third-order valence-electron chi connectivity index (χ3n) is 4.03. The van der Waals surface area contributed by atoms with Crippen LogP contribution in [0.3, 0.4) is 0 Å². The maximum Gasteiger partial charge on any atom is 0.123 e. The average Bonchev–Trinajstić information content (AvgIpc) is 2.73. The lowest BCUT2D eigenvalue weighted by atomic mass is 9.97. The Kier molecular flexibility index (Phi) is 5.02. The Morgan fingerprint density at radius 2 is 2.00 bits per heavy atom. The van der Waals surface area contributed by atoms with Crippen molar-refractivity contribution in [2.75, 3.05) is 13.7 Å². The molecule has 4 heteroatoms. The van der Waals surface area contributed by atoms with E-state index < -0.39 is 0 Å². The SMILES string of the molecule is CCNC(Cc1c(C)nn(C)c1C)c1ccccc1OC. The molecular formula is C17H25N3O. The first-order valence-electron chi connectivity index (χ1n) is 7.43. The molecule has 1 heterocycles. The van der Waals surface area contributed by atoms with Crippen molar-refractivity contribution in [3.63, 3.8) is 0 Å². The van der Waals surface area contributed by atoms with Gasteiger partial charge in [-0.05, 0) is 38.4 Å². The van der Waals surface area contributed by atoms with Gasteiger partial charge in [-0.2, -0.15) is 5.10 Å². The highest BCUT2D eigenvalue weighted by atomic mass is 16.5. The Bertz CT molecular complexity index is 604. The van der Waals surface area contributed by atoms with Gasteiger partial charge in [0.2, 0.25) is 0 Å². The quantitative estimate of drug-likeness (QED) is 0.888. The Morgan fingerprint density at radius 3 is 2.57 bits per heavy atom. The first kappa shape index (κ1) is 15.6. The van der Waals surface area contributed by atoms with Crippen LogP contribution >= 0.6 is 0 Å². The molecule has 2 aromatic rings. The van der Waals surface area contributed by atoms with E-state index in [1.165, 1.54) is 16.8 Å². The summed E-state index contributed by atoms with van der Waals surface area (Å²) in [6.45, 7) is 7.25. The van der Waals surface area contributed by atoms with E-state index in [2.05, 4.69) is 43.3 Å². The summed E-state index contributed by atoms with van der Waals surface area (Å²) in [4.78, 5) is 0. The number of aromatic nitrogens is 2. The van der Waals surface area contributed by atoms with E-state index in [1.54, 1.807) is 7.11 Å². The highest BCUT2D eigenvalue weighted by molar-refractivity contribution is 5.38. The molecule has 114 valence electrons. The van der Waals surface area contributed by atoms with Crippen LogP contribution in [0, 0.1) is 13.8 Å². The Morgan fingerprint density at radius 1 is 1.29 bits per heavy atom. The monoisotopic (exact) mass is 287 g/mol. The van der Waals surface area contributed by atoms with Gasteiger partial charge in [0.25, 0.3) is 0 Å². The van der Waals surface area contributed by atoms with Crippen molar-refractivity contribution < 1.29 is 4.74 Å². The molecule has 1 aromatic heterocycles. The van der Waals surface area contributed by atoms with Gasteiger partial charge in [0.1, 0.15) is 5.75 Å². The van der Waals surface area contributed by atoms with Crippen LogP contribution in [-0.2, 0) is 13.5 Å². The fourth-order valence-corrected chi connectivity index (χ4v) is 2.81. The molecule has 0 saturated carbocycles. The van der Waals surface area contributed by atoms with Gasteiger partial charge in [-0.25, -0.2) is 0 Å². The van der Waals surface area contributed by atoms with E-state index in [9.17, 15) is 0 Å². The number of hydrogen-bond donors (Lipinski definition) is 1. The van der Waals surface area contributed by atoms with Crippen LogP contribution in [0.1, 0.15) is 35.5 Å². The molecule has 2 rings (SSSR count). The van der Waals surface area contributed by atoms with Gasteiger partial charge in [-0.15, -0.1) is 0 Å². The fourth-order valence-electron chi connectivity index (χ4n) is 2.81. The van der Waals surface area contributed by atoms with Gasteiger partial charge in [-0.1, -0.05) is 25.1 Å². The minimum absolute atomic E-state index is 0.229. The van der Waals surface area contributed by atoms with Crippen molar-refractivity contribution in [2.24, 2.45) is 7.05 Å². The topological polar surface area (TPSA) is 39.1 Å². The average molecular weight is 287 g/mol. The van der Waals surface area contributed by atoms with Gasteiger partial charge in [0.05, 0.1) is 12.8 Å². The molecule has 0 aliphatic heterocycles. The number of ether oxygens (including phenoxy) is 1. The van der Waals surface area contributed by atoms with Crippen molar-refractivity contribution in [2.45, 2.75) is 33.2 Å². The molecule has 0 bridgehead atoms. The zero-order valence-electron chi connectivity index (χ0n) is 13.6. The predicted octanol–water partition coefficient (Wildman–Crippen LogP) is 2.94. The van der Waals surface area contributed by atoms with Crippen molar-refractivity contribution in [1.82, 2.24) is 15.1 Å². The van der Waals surface area contributed by atoms with Gasteiger partial charge in [0, 0.05) is 24.3 Å². The number of aryl methyl sites for hydroxylation is 2. The number of methoxy groups -OCH3 is 1. The molecule has 21 heavy (non-hydrogen) atoms. The molecule has 0 amide bonds. The normalized spacial score (nSPS) is 12.4. The van der Waals surface area contributed by atoms with Crippen molar-refractivity contribution in [3.05, 3.63) is 46.8 Å². The second-order valence-electron chi connectivity index (χ2n) is 5.33. The summed E-state index contributed by atoms with van der Waals surface area (Å²) >= 11 is 0. The van der Waals surface area contributed by atoms with Gasteiger partial charge in [-0.3, -0.25) is 4.68 Å². The van der Waals surface area contributed by atoms with Crippen LogP contribution < -0.4 is 10.1 Å². The Balaban J connectivity index is 2.35. The van der Waals surface area contributed by atoms with E-state index in [4.69, 9.17) is 4.74 Å². The van der Waals surface area contributed by atoms with E-state index >= 15 is 0 Å². The lowest BCUT2D eigenvalue weighted by molar-refractivity contribution is 0.399. The molecule has 0 saturated heterocycles. The number of para-hydroxylation sites is 1. The van der Waals surface area contributed by atoms with Gasteiger partial charge in [0.15, 0.2) is 0 Å². The van der Waals surface area contributed by atoms with E-state index in [0.717, 1.165) is 24.4 Å². The van der Waals surface area contributed by atoms with Crippen LogP contribution in [0.15, 0.2) is 24.3 Å². The number of rotatable bonds is 6.